The van der Waals surface area contributed by atoms with Gasteiger partial charge in [0.2, 0.25) is 0 Å². The minimum Gasteiger partial charge on any atom is -0.486 e. The Morgan fingerprint density at radius 2 is 1.92 bits per heavy atom. The number of nitrogens with one attached hydrogen (secondary N) is 2. The predicted molar refractivity (Wildman–Crippen MR) is 97.9 cm³/mol. The van der Waals surface area contributed by atoms with Gasteiger partial charge >= 0.3 is 0 Å². The van der Waals surface area contributed by atoms with Gasteiger partial charge in [-0.15, -0.1) is 0 Å². The summed E-state index contributed by atoms with van der Waals surface area (Å²) < 4.78 is 11.3. The second-order valence-electron chi connectivity index (χ2n) is 6.23. The van der Waals surface area contributed by atoms with Gasteiger partial charge in [-0.05, 0) is 32.0 Å². The lowest BCUT2D eigenvalue weighted by Crippen LogP contribution is -2.27. The number of rotatable bonds is 4. The molecule has 0 amide bonds. The summed E-state index contributed by atoms with van der Waals surface area (Å²) in [6, 6.07) is 13.1. The first-order valence-corrected chi connectivity index (χ1v) is 8.42. The molecule has 0 spiro atoms. The number of aryl methyl sites for hydroxylation is 1. The van der Waals surface area contributed by atoms with Gasteiger partial charge in [0, 0.05) is 22.2 Å². The number of benzene rings is 2. The highest BCUT2D eigenvalue weighted by atomic mass is 16.6. The Bertz CT molecular complexity index is 945. The van der Waals surface area contributed by atoms with Crippen LogP contribution in [0.15, 0.2) is 42.5 Å². The molecule has 1 aliphatic rings. The number of carbonyl (C=O) groups excluding carboxylic acids is 1. The Morgan fingerprint density at radius 1 is 1.12 bits per heavy atom. The van der Waals surface area contributed by atoms with Crippen LogP contribution in [0.4, 0.5) is 5.69 Å². The second-order valence-corrected chi connectivity index (χ2v) is 6.23. The minimum absolute atomic E-state index is 0.0456. The van der Waals surface area contributed by atoms with Crippen LogP contribution >= 0.6 is 0 Å². The van der Waals surface area contributed by atoms with Crippen LogP contribution in [0.3, 0.4) is 0 Å². The number of para-hydroxylation sites is 2. The van der Waals surface area contributed by atoms with E-state index in [1.54, 1.807) is 0 Å². The number of hydrogen-bond acceptors (Lipinski definition) is 4. The van der Waals surface area contributed by atoms with Gasteiger partial charge < -0.3 is 19.8 Å². The van der Waals surface area contributed by atoms with Crippen LogP contribution in [0, 0.1) is 6.92 Å². The molecule has 2 aromatic carbocycles. The van der Waals surface area contributed by atoms with Gasteiger partial charge in [-0.2, -0.15) is 0 Å². The van der Waals surface area contributed by atoms with Crippen LogP contribution in [0.1, 0.15) is 23.0 Å². The van der Waals surface area contributed by atoms with Gasteiger partial charge in [-0.3, -0.25) is 4.79 Å². The third-order valence-corrected chi connectivity index (χ3v) is 4.47. The highest BCUT2D eigenvalue weighted by Crippen LogP contribution is 2.37. The van der Waals surface area contributed by atoms with Crippen LogP contribution in [-0.4, -0.2) is 30.0 Å². The standard InChI is InChI=1S/C20H20N2O3/c1-12-18(14-6-3-4-7-15(14)21-12)19(23)13(2)22-16-8-5-9-17-20(16)25-11-10-24-17/h3-9,13,21-22H,10-11H2,1-2H3. The van der Waals surface area contributed by atoms with Crippen molar-refractivity contribution in [2.24, 2.45) is 0 Å². The Morgan fingerprint density at radius 3 is 2.80 bits per heavy atom. The van der Waals surface area contributed by atoms with Crippen molar-refractivity contribution in [2.45, 2.75) is 19.9 Å². The molecule has 5 heteroatoms. The Kier molecular flexibility index (Phi) is 3.84. The average molecular weight is 336 g/mol. The predicted octanol–water partition coefficient (Wildman–Crippen LogP) is 3.93. The Balaban J connectivity index is 1.64. The maximum atomic E-state index is 13.1. The van der Waals surface area contributed by atoms with E-state index >= 15 is 0 Å². The zero-order chi connectivity index (χ0) is 17.4. The van der Waals surface area contributed by atoms with Crippen LogP contribution in [0.5, 0.6) is 11.5 Å². The van der Waals surface area contributed by atoms with Crippen molar-refractivity contribution in [1.29, 1.82) is 0 Å². The van der Waals surface area contributed by atoms with Crippen LogP contribution < -0.4 is 14.8 Å². The average Bonchev–Trinajstić information content (AvgIpc) is 2.97. The highest BCUT2D eigenvalue weighted by molar-refractivity contribution is 6.12. The Hall–Kier alpha value is -2.95. The van der Waals surface area contributed by atoms with Crippen molar-refractivity contribution < 1.29 is 14.3 Å². The number of hydrogen-bond donors (Lipinski definition) is 2. The summed E-state index contributed by atoms with van der Waals surface area (Å²) >= 11 is 0. The summed E-state index contributed by atoms with van der Waals surface area (Å²) in [4.78, 5) is 16.3. The highest BCUT2D eigenvalue weighted by Gasteiger charge is 2.23. The first-order valence-electron chi connectivity index (χ1n) is 8.42. The molecular weight excluding hydrogens is 316 g/mol. The smallest absolute Gasteiger partial charge is 0.187 e. The van der Waals surface area contributed by atoms with E-state index in [0.29, 0.717) is 24.7 Å². The molecule has 0 fully saturated rings. The van der Waals surface area contributed by atoms with Crippen molar-refractivity contribution >= 4 is 22.4 Å². The third-order valence-electron chi connectivity index (χ3n) is 4.47. The molecule has 1 unspecified atom stereocenters. The fourth-order valence-corrected chi connectivity index (χ4v) is 3.30. The topological polar surface area (TPSA) is 63.4 Å². The van der Waals surface area contributed by atoms with Gasteiger partial charge in [0.1, 0.15) is 13.2 Å². The molecule has 0 saturated heterocycles. The number of Topliss-reactive ketones (excluding diaryl/α,β-unsaturated/α-hetero) is 1. The first-order chi connectivity index (χ1) is 12.1. The lowest BCUT2D eigenvalue weighted by molar-refractivity contribution is 0.0976. The van der Waals surface area contributed by atoms with E-state index in [1.165, 1.54) is 0 Å². The van der Waals surface area contributed by atoms with Gasteiger partial charge in [0.15, 0.2) is 17.3 Å². The molecule has 1 aliphatic heterocycles. The van der Waals surface area contributed by atoms with Gasteiger partial charge in [0.25, 0.3) is 0 Å². The zero-order valence-corrected chi connectivity index (χ0v) is 14.3. The number of H-pyrrole nitrogens is 1. The molecule has 2 N–H and O–H groups in total. The van der Waals surface area contributed by atoms with Crippen LogP contribution in [0.25, 0.3) is 10.9 Å². The molecule has 25 heavy (non-hydrogen) atoms. The summed E-state index contributed by atoms with van der Waals surface area (Å²) in [6.07, 6.45) is 0. The summed E-state index contributed by atoms with van der Waals surface area (Å²) in [6.45, 7) is 4.85. The number of ether oxygens (including phenoxy) is 2. The van der Waals surface area contributed by atoms with Crippen molar-refractivity contribution in [3.63, 3.8) is 0 Å². The fraction of sp³-hybridized carbons (Fsp3) is 0.250. The van der Waals surface area contributed by atoms with E-state index in [0.717, 1.165) is 27.8 Å². The van der Waals surface area contributed by atoms with E-state index in [-0.39, 0.29) is 5.78 Å². The zero-order valence-electron chi connectivity index (χ0n) is 14.3. The van der Waals surface area contributed by atoms with Crippen molar-refractivity contribution in [3.8, 4) is 11.5 Å². The van der Waals surface area contributed by atoms with Crippen molar-refractivity contribution in [2.75, 3.05) is 18.5 Å². The molecule has 5 nitrogen and oxygen atoms in total. The molecule has 1 atom stereocenters. The van der Waals surface area contributed by atoms with Gasteiger partial charge in [0.05, 0.1) is 11.7 Å². The number of aromatic nitrogens is 1. The molecule has 1 aromatic heterocycles. The molecule has 0 aliphatic carbocycles. The van der Waals surface area contributed by atoms with Gasteiger partial charge in [-0.25, -0.2) is 0 Å². The van der Waals surface area contributed by atoms with Gasteiger partial charge in [-0.1, -0.05) is 24.3 Å². The first kappa shape index (κ1) is 15.6. The largest absolute Gasteiger partial charge is 0.486 e. The number of aromatic amines is 1. The molecule has 0 radical (unpaired) electrons. The van der Waals surface area contributed by atoms with E-state index < -0.39 is 6.04 Å². The normalized spacial score (nSPS) is 14.3. The third kappa shape index (κ3) is 2.71. The molecule has 0 saturated carbocycles. The lowest BCUT2D eigenvalue weighted by atomic mass is 10.0. The molecule has 0 bridgehead atoms. The summed E-state index contributed by atoms with van der Waals surface area (Å²) in [5.74, 6) is 1.42. The van der Waals surface area contributed by atoms with Crippen molar-refractivity contribution in [1.82, 2.24) is 4.98 Å². The summed E-state index contributed by atoms with van der Waals surface area (Å²) in [5.41, 5.74) is 3.37. The maximum Gasteiger partial charge on any atom is 0.187 e. The van der Waals surface area contributed by atoms with E-state index in [2.05, 4.69) is 10.3 Å². The quantitative estimate of drug-likeness (QED) is 0.709. The van der Waals surface area contributed by atoms with Crippen LogP contribution in [-0.2, 0) is 0 Å². The monoisotopic (exact) mass is 336 g/mol. The minimum atomic E-state index is -0.394. The molecule has 3 aromatic rings. The molecule has 4 rings (SSSR count). The second kappa shape index (κ2) is 6.16. The SMILES string of the molecule is Cc1[nH]c2ccccc2c1C(=O)C(C)Nc1cccc2c1OCCO2. The van der Waals surface area contributed by atoms with Crippen LogP contribution in [0.2, 0.25) is 0 Å². The lowest BCUT2D eigenvalue weighted by Gasteiger charge is -2.23. The maximum absolute atomic E-state index is 13.1. The van der Waals surface area contributed by atoms with E-state index in [1.807, 2.05) is 56.3 Å². The Labute approximate surface area is 146 Å². The molecule has 128 valence electrons. The number of fused-ring (bicyclic) bond motifs is 2. The number of ketones is 1. The molecule has 2 heterocycles. The molecular formula is C20H20N2O3. The van der Waals surface area contributed by atoms with E-state index in [4.69, 9.17) is 9.47 Å². The fourth-order valence-electron chi connectivity index (χ4n) is 3.30. The number of carbonyl (C=O) groups is 1. The van der Waals surface area contributed by atoms with E-state index in [9.17, 15) is 4.79 Å². The van der Waals surface area contributed by atoms with Crippen molar-refractivity contribution in [3.05, 3.63) is 53.7 Å². The number of anilines is 1. The summed E-state index contributed by atoms with van der Waals surface area (Å²) in [7, 11) is 0. The summed E-state index contributed by atoms with van der Waals surface area (Å²) in [5, 5.41) is 4.23.